The summed E-state index contributed by atoms with van der Waals surface area (Å²) in [6, 6.07) is 16.6. The summed E-state index contributed by atoms with van der Waals surface area (Å²) in [5.41, 5.74) is 3.77. The summed E-state index contributed by atoms with van der Waals surface area (Å²) in [6.07, 6.45) is 2.19. The van der Waals surface area contributed by atoms with Crippen LogP contribution in [0, 0.1) is 0 Å². The third-order valence-corrected chi connectivity index (χ3v) is 3.80. The van der Waals surface area contributed by atoms with E-state index >= 15 is 0 Å². The molecule has 0 radical (unpaired) electrons. The first-order valence-corrected chi connectivity index (χ1v) is 7.15. The molecule has 1 heterocycles. The standard InChI is InChI=1S/C18H20N2O/c1-20-13-15(16-8-4-5-9-17(16)20)12-19-11-14-7-3-6-10-18(14)21-2/h3-10,13,19H,11-12H2,1-2H3. The Kier molecular flexibility index (Phi) is 3.93. The lowest BCUT2D eigenvalue weighted by molar-refractivity contribution is 0.407. The summed E-state index contributed by atoms with van der Waals surface area (Å²) < 4.78 is 7.55. The lowest BCUT2D eigenvalue weighted by atomic mass is 10.1. The van der Waals surface area contributed by atoms with E-state index in [-0.39, 0.29) is 0 Å². The normalized spacial score (nSPS) is 11.0. The maximum absolute atomic E-state index is 5.38. The molecule has 1 N–H and O–H groups in total. The Hall–Kier alpha value is -2.26. The van der Waals surface area contributed by atoms with Gasteiger partial charge in [0.05, 0.1) is 7.11 Å². The van der Waals surface area contributed by atoms with Gasteiger partial charge in [-0.15, -0.1) is 0 Å². The summed E-state index contributed by atoms with van der Waals surface area (Å²) in [5.74, 6) is 0.933. The fraction of sp³-hybridized carbons (Fsp3) is 0.222. The Morgan fingerprint density at radius 1 is 0.952 bits per heavy atom. The van der Waals surface area contributed by atoms with Crippen molar-refractivity contribution in [2.75, 3.05) is 7.11 Å². The van der Waals surface area contributed by atoms with Gasteiger partial charge in [0.15, 0.2) is 0 Å². The van der Waals surface area contributed by atoms with Crippen LogP contribution in [0.15, 0.2) is 54.7 Å². The van der Waals surface area contributed by atoms with Crippen LogP contribution < -0.4 is 10.1 Å². The van der Waals surface area contributed by atoms with Gasteiger partial charge in [0.2, 0.25) is 0 Å². The minimum absolute atomic E-state index is 0.799. The molecule has 3 heteroatoms. The molecule has 0 unspecified atom stereocenters. The molecule has 1 aromatic heterocycles. The molecule has 0 bridgehead atoms. The van der Waals surface area contributed by atoms with E-state index in [4.69, 9.17) is 4.74 Å². The molecule has 3 nitrogen and oxygen atoms in total. The molecule has 2 aromatic carbocycles. The molecule has 0 spiro atoms. The van der Waals surface area contributed by atoms with Gasteiger partial charge in [0.25, 0.3) is 0 Å². The summed E-state index contributed by atoms with van der Waals surface area (Å²) >= 11 is 0. The molecule has 3 aromatic rings. The molecule has 0 saturated heterocycles. The highest BCUT2D eigenvalue weighted by Crippen LogP contribution is 2.21. The lowest BCUT2D eigenvalue weighted by Gasteiger charge is -2.09. The van der Waals surface area contributed by atoms with Crippen LogP contribution in [0.3, 0.4) is 0 Å². The summed E-state index contributed by atoms with van der Waals surface area (Å²) in [4.78, 5) is 0. The summed E-state index contributed by atoms with van der Waals surface area (Å²) in [6.45, 7) is 1.65. The number of methoxy groups -OCH3 is 1. The Balaban J connectivity index is 1.72. The van der Waals surface area contributed by atoms with E-state index < -0.39 is 0 Å². The zero-order chi connectivity index (χ0) is 14.7. The van der Waals surface area contributed by atoms with Gasteiger partial charge < -0.3 is 14.6 Å². The molecule has 0 saturated carbocycles. The second-order valence-electron chi connectivity index (χ2n) is 5.20. The van der Waals surface area contributed by atoms with E-state index in [1.54, 1.807) is 7.11 Å². The Morgan fingerprint density at radius 2 is 1.67 bits per heavy atom. The van der Waals surface area contributed by atoms with Crippen molar-refractivity contribution in [3.63, 3.8) is 0 Å². The predicted molar refractivity (Wildman–Crippen MR) is 86.5 cm³/mol. The number of hydrogen-bond acceptors (Lipinski definition) is 2. The summed E-state index contributed by atoms with van der Waals surface area (Å²) in [7, 11) is 3.80. The van der Waals surface area contributed by atoms with Crippen LogP contribution in [0.1, 0.15) is 11.1 Å². The van der Waals surface area contributed by atoms with Crippen molar-refractivity contribution in [3.05, 3.63) is 65.9 Å². The molecule has 108 valence electrons. The van der Waals surface area contributed by atoms with Gasteiger partial charge in [-0.05, 0) is 17.7 Å². The number of aryl methyl sites for hydroxylation is 1. The Bertz CT molecular complexity index is 746. The summed E-state index contributed by atoms with van der Waals surface area (Å²) in [5, 5.41) is 4.82. The van der Waals surface area contributed by atoms with E-state index in [0.29, 0.717) is 0 Å². The van der Waals surface area contributed by atoms with Gasteiger partial charge in [-0.3, -0.25) is 0 Å². The number of para-hydroxylation sites is 2. The third-order valence-electron chi connectivity index (χ3n) is 3.80. The average Bonchev–Trinajstić information content (AvgIpc) is 2.85. The minimum atomic E-state index is 0.799. The van der Waals surface area contributed by atoms with Gasteiger partial charge in [-0.2, -0.15) is 0 Å². The molecule has 21 heavy (non-hydrogen) atoms. The monoisotopic (exact) mass is 280 g/mol. The van der Waals surface area contributed by atoms with Crippen LogP contribution in [-0.2, 0) is 20.1 Å². The first-order chi connectivity index (χ1) is 10.3. The Morgan fingerprint density at radius 3 is 2.52 bits per heavy atom. The number of nitrogens with one attached hydrogen (secondary N) is 1. The molecule has 0 amide bonds. The second kappa shape index (κ2) is 6.02. The van der Waals surface area contributed by atoms with Crippen molar-refractivity contribution in [1.29, 1.82) is 0 Å². The van der Waals surface area contributed by atoms with Crippen LogP contribution in [0.5, 0.6) is 5.75 Å². The van der Waals surface area contributed by atoms with Crippen LogP contribution in [0.25, 0.3) is 10.9 Å². The second-order valence-corrected chi connectivity index (χ2v) is 5.20. The van der Waals surface area contributed by atoms with Crippen molar-refractivity contribution in [1.82, 2.24) is 9.88 Å². The average molecular weight is 280 g/mol. The minimum Gasteiger partial charge on any atom is -0.496 e. The number of ether oxygens (including phenoxy) is 1. The number of aromatic nitrogens is 1. The largest absolute Gasteiger partial charge is 0.496 e. The molecule has 0 aliphatic heterocycles. The van der Waals surface area contributed by atoms with Crippen molar-refractivity contribution in [2.24, 2.45) is 7.05 Å². The van der Waals surface area contributed by atoms with Crippen LogP contribution >= 0.6 is 0 Å². The topological polar surface area (TPSA) is 26.2 Å². The molecule has 0 fully saturated rings. The highest BCUT2D eigenvalue weighted by molar-refractivity contribution is 5.83. The molecular formula is C18H20N2O. The van der Waals surface area contributed by atoms with Crippen LogP contribution in [0.4, 0.5) is 0 Å². The number of rotatable bonds is 5. The van der Waals surface area contributed by atoms with Gasteiger partial charge in [0.1, 0.15) is 5.75 Å². The zero-order valence-corrected chi connectivity index (χ0v) is 12.5. The highest BCUT2D eigenvalue weighted by Gasteiger charge is 2.06. The molecule has 0 aliphatic rings. The van der Waals surface area contributed by atoms with Gasteiger partial charge in [0, 0.05) is 42.8 Å². The van der Waals surface area contributed by atoms with E-state index in [2.05, 4.69) is 53.5 Å². The lowest BCUT2D eigenvalue weighted by Crippen LogP contribution is -2.13. The zero-order valence-electron chi connectivity index (χ0n) is 12.5. The van der Waals surface area contributed by atoms with Crippen molar-refractivity contribution in [2.45, 2.75) is 13.1 Å². The molecule has 0 aliphatic carbocycles. The third kappa shape index (κ3) is 2.78. The fourth-order valence-corrected chi connectivity index (χ4v) is 2.75. The molecular weight excluding hydrogens is 260 g/mol. The van der Waals surface area contributed by atoms with Gasteiger partial charge in [-0.1, -0.05) is 36.4 Å². The maximum atomic E-state index is 5.38. The van der Waals surface area contributed by atoms with Crippen molar-refractivity contribution in [3.8, 4) is 5.75 Å². The number of fused-ring (bicyclic) bond motifs is 1. The van der Waals surface area contributed by atoms with Crippen molar-refractivity contribution < 1.29 is 4.74 Å². The highest BCUT2D eigenvalue weighted by atomic mass is 16.5. The van der Waals surface area contributed by atoms with E-state index in [0.717, 1.165) is 18.8 Å². The van der Waals surface area contributed by atoms with Crippen LogP contribution in [-0.4, -0.2) is 11.7 Å². The van der Waals surface area contributed by atoms with Gasteiger partial charge >= 0.3 is 0 Å². The maximum Gasteiger partial charge on any atom is 0.123 e. The predicted octanol–water partition coefficient (Wildman–Crippen LogP) is 3.48. The van der Waals surface area contributed by atoms with Crippen LogP contribution in [0.2, 0.25) is 0 Å². The number of nitrogens with zero attached hydrogens (tertiary/aromatic N) is 1. The smallest absolute Gasteiger partial charge is 0.123 e. The van der Waals surface area contributed by atoms with E-state index in [9.17, 15) is 0 Å². The van der Waals surface area contributed by atoms with E-state index in [1.165, 1.54) is 22.0 Å². The first-order valence-electron chi connectivity index (χ1n) is 7.15. The fourth-order valence-electron chi connectivity index (χ4n) is 2.75. The molecule has 0 atom stereocenters. The SMILES string of the molecule is COc1ccccc1CNCc1cn(C)c2ccccc12. The quantitative estimate of drug-likeness (QED) is 0.774. The van der Waals surface area contributed by atoms with E-state index in [1.807, 2.05) is 18.2 Å². The number of benzene rings is 2. The van der Waals surface area contributed by atoms with Crippen molar-refractivity contribution >= 4 is 10.9 Å². The van der Waals surface area contributed by atoms with Gasteiger partial charge in [-0.25, -0.2) is 0 Å². The molecule has 3 rings (SSSR count). The first kappa shape index (κ1) is 13.7. The number of hydrogen-bond donors (Lipinski definition) is 1. The Labute approximate surface area is 125 Å².